The van der Waals surface area contributed by atoms with E-state index in [1.54, 1.807) is 28.9 Å². The second-order valence-electron chi connectivity index (χ2n) is 9.95. The Kier molecular flexibility index (Phi) is 8.18. The maximum Gasteiger partial charge on any atom is 0.306 e. The number of hydrogen-bond donors (Lipinski definition) is 1. The van der Waals surface area contributed by atoms with Crippen LogP contribution < -0.4 is 4.90 Å². The van der Waals surface area contributed by atoms with Crippen LogP contribution in [0.2, 0.25) is 5.02 Å². The van der Waals surface area contributed by atoms with Crippen molar-refractivity contribution in [2.75, 3.05) is 31.1 Å². The topological polar surface area (TPSA) is 99.5 Å². The molecule has 0 bridgehead atoms. The number of carboxylic acids is 1. The minimum Gasteiger partial charge on any atom is -0.481 e. The molecular weight excluding hydrogens is 530 g/mol. The Labute approximate surface area is 229 Å². The van der Waals surface area contributed by atoms with Crippen LogP contribution in [0, 0.1) is 11.8 Å². The lowest BCUT2D eigenvalue weighted by molar-refractivity contribution is -0.142. The normalized spacial score (nSPS) is 19.3. The van der Waals surface area contributed by atoms with Crippen LogP contribution in [0.15, 0.2) is 23.8 Å². The Balaban J connectivity index is 1.28. The standard InChI is InChI=1S/C26H30ClN5O3S2/c1-16-3-2-6-31(13-16)14-22-25(21-9-18(27)15-36-21)30-24(37-22)10-20(33)19-11-29-23(12-28-19)32-7-4-17(5-8-32)26(34)35/h9,11-12,15-17H,2-8,10,13-14H2,1H3,(H,34,35). The van der Waals surface area contributed by atoms with Crippen LogP contribution in [0.1, 0.15) is 53.0 Å². The summed E-state index contributed by atoms with van der Waals surface area (Å²) in [4.78, 5) is 44.7. The van der Waals surface area contributed by atoms with E-state index in [2.05, 4.69) is 21.8 Å². The van der Waals surface area contributed by atoms with Gasteiger partial charge in [0, 0.05) is 36.4 Å². The highest BCUT2D eigenvalue weighted by Gasteiger charge is 2.26. The Morgan fingerprint density at radius 1 is 1.16 bits per heavy atom. The molecule has 11 heteroatoms. The third-order valence-corrected chi connectivity index (χ3v) is 9.38. The summed E-state index contributed by atoms with van der Waals surface area (Å²) in [7, 11) is 0. The molecule has 3 aromatic heterocycles. The van der Waals surface area contributed by atoms with Crippen LogP contribution in [0.5, 0.6) is 0 Å². The van der Waals surface area contributed by atoms with Crippen molar-refractivity contribution in [3.8, 4) is 10.6 Å². The number of hydrogen-bond acceptors (Lipinski definition) is 9. The van der Waals surface area contributed by atoms with Crippen LogP contribution in [0.4, 0.5) is 5.82 Å². The van der Waals surface area contributed by atoms with Gasteiger partial charge in [-0.05, 0) is 44.2 Å². The summed E-state index contributed by atoms with van der Waals surface area (Å²) >= 11 is 9.38. The molecule has 37 heavy (non-hydrogen) atoms. The fourth-order valence-corrected chi connectivity index (χ4v) is 7.34. The van der Waals surface area contributed by atoms with E-state index in [-0.39, 0.29) is 18.1 Å². The van der Waals surface area contributed by atoms with E-state index in [1.165, 1.54) is 23.9 Å². The number of halogens is 1. The predicted octanol–water partition coefficient (Wildman–Crippen LogP) is 5.27. The van der Waals surface area contributed by atoms with Crippen LogP contribution >= 0.6 is 34.3 Å². The molecule has 196 valence electrons. The number of Topliss-reactive ketones (excluding diaryl/α,β-unsaturated/α-hetero) is 1. The van der Waals surface area contributed by atoms with Gasteiger partial charge in [-0.25, -0.2) is 15.0 Å². The maximum absolute atomic E-state index is 13.1. The fourth-order valence-electron chi connectivity index (χ4n) is 5.06. The number of rotatable bonds is 8. The largest absolute Gasteiger partial charge is 0.481 e. The molecule has 2 saturated heterocycles. The van der Waals surface area contributed by atoms with Crippen LogP contribution in [0.3, 0.4) is 0 Å². The molecule has 0 radical (unpaired) electrons. The monoisotopic (exact) mass is 559 g/mol. The second kappa shape index (κ2) is 11.6. The molecule has 5 rings (SSSR count). The van der Waals surface area contributed by atoms with Gasteiger partial charge >= 0.3 is 5.97 Å². The van der Waals surface area contributed by atoms with Crippen molar-refractivity contribution in [2.24, 2.45) is 11.8 Å². The van der Waals surface area contributed by atoms with Gasteiger partial charge < -0.3 is 10.0 Å². The van der Waals surface area contributed by atoms with E-state index in [4.69, 9.17) is 16.6 Å². The number of ketones is 1. The van der Waals surface area contributed by atoms with Crippen LogP contribution in [0.25, 0.3) is 10.6 Å². The minimum atomic E-state index is -0.743. The molecule has 0 spiro atoms. The molecule has 1 N–H and O–H groups in total. The molecule has 2 aliphatic heterocycles. The minimum absolute atomic E-state index is 0.119. The summed E-state index contributed by atoms with van der Waals surface area (Å²) in [6, 6.07) is 1.94. The Bertz CT molecular complexity index is 1250. The average Bonchev–Trinajstić information content (AvgIpc) is 3.49. The van der Waals surface area contributed by atoms with E-state index in [0.29, 0.717) is 48.4 Å². The number of carboxylic acid groups (broad SMARTS) is 1. The van der Waals surface area contributed by atoms with E-state index in [9.17, 15) is 14.7 Å². The number of likely N-dealkylation sites (tertiary alicyclic amines) is 1. The summed E-state index contributed by atoms with van der Waals surface area (Å²) in [5.41, 5.74) is 1.24. The van der Waals surface area contributed by atoms with Crippen molar-refractivity contribution in [2.45, 2.75) is 45.6 Å². The first-order valence-corrected chi connectivity index (χ1v) is 14.7. The van der Waals surface area contributed by atoms with E-state index in [0.717, 1.165) is 35.2 Å². The summed E-state index contributed by atoms with van der Waals surface area (Å²) in [6.45, 7) is 6.52. The lowest BCUT2D eigenvalue weighted by Crippen LogP contribution is -2.36. The first kappa shape index (κ1) is 26.2. The zero-order valence-corrected chi connectivity index (χ0v) is 23.1. The number of anilines is 1. The van der Waals surface area contributed by atoms with Crippen molar-refractivity contribution >= 4 is 51.8 Å². The van der Waals surface area contributed by atoms with Gasteiger partial charge in [0.05, 0.1) is 40.3 Å². The van der Waals surface area contributed by atoms with Gasteiger partial charge in [-0.3, -0.25) is 14.5 Å². The van der Waals surface area contributed by atoms with Crippen molar-refractivity contribution < 1.29 is 14.7 Å². The first-order valence-electron chi connectivity index (χ1n) is 12.6. The van der Waals surface area contributed by atoms with Gasteiger partial charge in [0.25, 0.3) is 0 Å². The number of carbonyl (C=O) groups is 2. The molecule has 0 saturated carbocycles. The lowest BCUT2D eigenvalue weighted by Gasteiger charge is -2.30. The maximum atomic E-state index is 13.1. The van der Waals surface area contributed by atoms with Crippen molar-refractivity contribution in [1.29, 1.82) is 0 Å². The second-order valence-corrected chi connectivity index (χ2v) is 12.5. The molecule has 5 heterocycles. The number of nitrogens with zero attached hydrogens (tertiary/aromatic N) is 5. The Morgan fingerprint density at radius 3 is 2.62 bits per heavy atom. The summed E-state index contributed by atoms with van der Waals surface area (Å²) in [5, 5.41) is 12.6. The smallest absolute Gasteiger partial charge is 0.306 e. The predicted molar refractivity (Wildman–Crippen MR) is 147 cm³/mol. The van der Waals surface area contributed by atoms with Gasteiger partial charge in [-0.2, -0.15) is 0 Å². The zero-order chi connectivity index (χ0) is 25.9. The highest BCUT2D eigenvalue weighted by molar-refractivity contribution is 7.15. The van der Waals surface area contributed by atoms with Gasteiger partial charge in [0.1, 0.15) is 16.5 Å². The molecular formula is C26H30ClN5O3S2. The number of thiazole rings is 1. The number of thiophene rings is 1. The van der Waals surface area contributed by atoms with E-state index < -0.39 is 5.97 Å². The number of aliphatic carboxylic acids is 1. The molecule has 1 unspecified atom stereocenters. The van der Waals surface area contributed by atoms with E-state index in [1.807, 2.05) is 16.3 Å². The number of aromatic nitrogens is 3. The highest BCUT2D eigenvalue weighted by atomic mass is 35.5. The zero-order valence-electron chi connectivity index (χ0n) is 20.7. The van der Waals surface area contributed by atoms with Gasteiger partial charge in [-0.1, -0.05) is 18.5 Å². The highest BCUT2D eigenvalue weighted by Crippen LogP contribution is 2.36. The first-order chi connectivity index (χ1) is 17.9. The van der Waals surface area contributed by atoms with E-state index >= 15 is 0 Å². The molecule has 2 aliphatic rings. The van der Waals surface area contributed by atoms with Crippen molar-refractivity contribution in [3.63, 3.8) is 0 Å². The summed E-state index contributed by atoms with van der Waals surface area (Å²) in [5.74, 6) is 0.192. The van der Waals surface area contributed by atoms with Gasteiger partial charge in [0.15, 0.2) is 5.78 Å². The van der Waals surface area contributed by atoms with Crippen molar-refractivity contribution in [3.05, 3.63) is 44.4 Å². The average molecular weight is 560 g/mol. The van der Waals surface area contributed by atoms with Crippen molar-refractivity contribution in [1.82, 2.24) is 19.9 Å². The lowest BCUT2D eigenvalue weighted by atomic mass is 9.97. The molecule has 1 atom stereocenters. The number of carbonyl (C=O) groups excluding carboxylic acids is 1. The third kappa shape index (κ3) is 6.37. The molecule has 2 fully saturated rings. The molecule has 8 nitrogen and oxygen atoms in total. The Hall–Kier alpha value is -2.40. The summed E-state index contributed by atoms with van der Waals surface area (Å²) < 4.78 is 0. The quantitative estimate of drug-likeness (QED) is 0.372. The third-order valence-electron chi connectivity index (χ3n) is 7.05. The molecule has 0 amide bonds. The molecule has 0 aromatic carbocycles. The SMILES string of the molecule is CC1CCCN(Cc2sc(CC(=O)c3cnc(N4CCC(C(=O)O)CC4)cn3)nc2-c2cc(Cl)cs2)C1. The molecule has 3 aromatic rings. The van der Waals surface area contributed by atoms with Crippen LogP contribution in [-0.2, 0) is 17.8 Å². The fraction of sp³-hybridized carbons (Fsp3) is 0.500. The molecule has 0 aliphatic carbocycles. The van der Waals surface area contributed by atoms with Gasteiger partial charge in [-0.15, -0.1) is 22.7 Å². The summed E-state index contributed by atoms with van der Waals surface area (Å²) in [6.07, 6.45) is 6.94. The van der Waals surface area contributed by atoms with Crippen LogP contribution in [-0.4, -0.2) is 62.9 Å². The van der Waals surface area contributed by atoms with Gasteiger partial charge in [0.2, 0.25) is 0 Å². The Morgan fingerprint density at radius 2 is 1.97 bits per heavy atom. The number of piperidine rings is 2.